The molecule has 0 radical (unpaired) electrons. The molecule has 12 heavy (non-hydrogen) atoms. The normalized spacial score (nSPS) is 10.0. The summed E-state index contributed by atoms with van der Waals surface area (Å²) in [5.41, 5.74) is 0.862. The second-order valence-corrected chi connectivity index (χ2v) is 3.00. The molecule has 2 rings (SSSR count). The van der Waals surface area contributed by atoms with Gasteiger partial charge in [-0.05, 0) is 28.1 Å². The molecule has 0 unspecified atom stereocenters. The van der Waals surface area contributed by atoms with Crippen molar-refractivity contribution in [3.8, 4) is 6.07 Å². The zero-order valence-electron chi connectivity index (χ0n) is 5.90. The fourth-order valence-electron chi connectivity index (χ4n) is 0.921. The maximum absolute atomic E-state index is 8.52. The molecule has 0 saturated heterocycles. The monoisotopic (exact) mass is 222 g/mol. The average molecular weight is 223 g/mol. The fourth-order valence-corrected chi connectivity index (χ4v) is 1.34. The van der Waals surface area contributed by atoms with Gasteiger partial charge in [0.15, 0.2) is 0 Å². The van der Waals surface area contributed by atoms with E-state index in [1.807, 2.05) is 18.2 Å². The van der Waals surface area contributed by atoms with E-state index in [0.29, 0.717) is 0 Å². The first-order chi connectivity index (χ1) is 5.81. The number of rotatable bonds is 0. The summed E-state index contributed by atoms with van der Waals surface area (Å²) in [6, 6.07) is 5.59. The van der Waals surface area contributed by atoms with Crippen molar-refractivity contribution in [2.45, 2.75) is 0 Å². The van der Waals surface area contributed by atoms with Crippen LogP contribution in [0.1, 0.15) is 5.82 Å². The largest absolute Gasteiger partial charge is 0.251 e. The number of fused-ring (bicyclic) bond motifs is 1. The number of hydrogen-bond donors (Lipinski definition) is 0. The number of halogens is 1. The van der Waals surface area contributed by atoms with Crippen molar-refractivity contribution in [1.29, 1.82) is 5.26 Å². The van der Waals surface area contributed by atoms with Crippen molar-refractivity contribution in [2.24, 2.45) is 0 Å². The van der Waals surface area contributed by atoms with Crippen LogP contribution in [0.3, 0.4) is 0 Å². The molecule has 0 aromatic carbocycles. The summed E-state index contributed by atoms with van der Waals surface area (Å²) >= 11 is 3.29. The van der Waals surface area contributed by atoms with Crippen molar-refractivity contribution < 1.29 is 0 Å². The van der Waals surface area contributed by atoms with E-state index >= 15 is 0 Å². The molecule has 2 aromatic rings. The van der Waals surface area contributed by atoms with Gasteiger partial charge in [-0.25, -0.2) is 9.50 Å². The van der Waals surface area contributed by atoms with E-state index < -0.39 is 0 Å². The van der Waals surface area contributed by atoms with Crippen molar-refractivity contribution >= 4 is 21.4 Å². The van der Waals surface area contributed by atoms with Crippen molar-refractivity contribution in [3.63, 3.8) is 0 Å². The van der Waals surface area contributed by atoms with Crippen LogP contribution in [0.2, 0.25) is 0 Å². The number of aromatic nitrogens is 3. The van der Waals surface area contributed by atoms with E-state index in [1.54, 1.807) is 10.7 Å². The zero-order chi connectivity index (χ0) is 8.55. The van der Waals surface area contributed by atoms with Gasteiger partial charge in [0, 0.05) is 0 Å². The second-order valence-electron chi connectivity index (χ2n) is 2.19. The molecule has 2 heterocycles. The lowest BCUT2D eigenvalue weighted by Crippen LogP contribution is -1.96. The van der Waals surface area contributed by atoms with Gasteiger partial charge in [0.25, 0.3) is 5.82 Å². The van der Waals surface area contributed by atoms with Gasteiger partial charge in [-0.2, -0.15) is 5.26 Å². The van der Waals surface area contributed by atoms with Gasteiger partial charge >= 0.3 is 0 Å². The van der Waals surface area contributed by atoms with Gasteiger partial charge in [0.2, 0.25) is 0 Å². The average Bonchev–Trinajstić information content (AvgIpc) is 2.47. The maximum atomic E-state index is 8.52. The molecule has 0 bridgehead atoms. The van der Waals surface area contributed by atoms with Crippen LogP contribution < -0.4 is 0 Å². The topological polar surface area (TPSA) is 54.0 Å². The Morgan fingerprint density at radius 1 is 1.50 bits per heavy atom. The zero-order valence-corrected chi connectivity index (χ0v) is 7.48. The number of nitriles is 1. The summed E-state index contributed by atoms with van der Waals surface area (Å²) in [7, 11) is 0. The van der Waals surface area contributed by atoms with Gasteiger partial charge < -0.3 is 0 Å². The molecule has 0 aliphatic rings. The van der Waals surface area contributed by atoms with E-state index in [2.05, 4.69) is 26.0 Å². The predicted octanol–water partition coefficient (Wildman–Crippen LogP) is 1.36. The van der Waals surface area contributed by atoms with Gasteiger partial charge in [-0.1, -0.05) is 0 Å². The van der Waals surface area contributed by atoms with E-state index in [1.165, 1.54) is 0 Å². The molecule has 58 valence electrons. The lowest BCUT2D eigenvalue weighted by Gasteiger charge is -1.93. The summed E-state index contributed by atoms with van der Waals surface area (Å²) in [6.07, 6.45) is 1.61. The third-order valence-corrected chi connectivity index (χ3v) is 2.05. The molecular formula is C7H3BrN4. The highest BCUT2D eigenvalue weighted by atomic mass is 79.9. The van der Waals surface area contributed by atoms with E-state index in [0.717, 1.165) is 10.1 Å². The molecule has 0 saturated carbocycles. The molecule has 0 amide bonds. The van der Waals surface area contributed by atoms with Crippen LogP contribution in [0.5, 0.6) is 0 Å². The molecule has 4 nitrogen and oxygen atoms in total. The van der Waals surface area contributed by atoms with Crippen LogP contribution in [-0.2, 0) is 0 Å². The fraction of sp³-hybridized carbons (Fsp3) is 0. The molecule has 0 aliphatic heterocycles. The van der Waals surface area contributed by atoms with Crippen molar-refractivity contribution in [3.05, 3.63) is 28.8 Å². The smallest absolute Gasteiger partial charge is 0.224 e. The highest BCUT2D eigenvalue weighted by molar-refractivity contribution is 9.10. The van der Waals surface area contributed by atoms with Crippen LogP contribution in [0.4, 0.5) is 0 Å². The SMILES string of the molecule is N#Cc1ncc2ccc(Br)n2n1. The summed E-state index contributed by atoms with van der Waals surface area (Å²) in [5.74, 6) is 0.166. The van der Waals surface area contributed by atoms with Gasteiger partial charge in [-0.3, -0.25) is 0 Å². The Labute approximate surface area is 76.6 Å². The summed E-state index contributed by atoms with van der Waals surface area (Å²) in [4.78, 5) is 3.82. The molecule has 0 atom stereocenters. The standard InChI is InChI=1S/C7H3BrN4/c8-6-2-1-5-4-10-7(3-9)11-12(5)6/h1-2,4H. The van der Waals surface area contributed by atoms with Crippen molar-refractivity contribution in [1.82, 2.24) is 14.6 Å². The summed E-state index contributed by atoms with van der Waals surface area (Å²) in [6.45, 7) is 0. The highest BCUT2D eigenvalue weighted by Gasteiger charge is 2.00. The maximum Gasteiger partial charge on any atom is 0.251 e. The van der Waals surface area contributed by atoms with Crippen LogP contribution in [-0.4, -0.2) is 14.6 Å². The minimum Gasteiger partial charge on any atom is -0.224 e. The molecular weight excluding hydrogens is 220 g/mol. The lowest BCUT2D eigenvalue weighted by atomic mass is 10.5. The Kier molecular flexibility index (Phi) is 1.55. The van der Waals surface area contributed by atoms with Gasteiger partial charge in [0.1, 0.15) is 10.7 Å². The molecule has 0 N–H and O–H groups in total. The Morgan fingerprint density at radius 2 is 2.33 bits per heavy atom. The summed E-state index contributed by atoms with van der Waals surface area (Å²) < 4.78 is 2.43. The predicted molar refractivity (Wildman–Crippen MR) is 45.4 cm³/mol. The van der Waals surface area contributed by atoms with Crippen LogP contribution in [0, 0.1) is 11.3 Å². The number of nitrogens with zero attached hydrogens (tertiary/aromatic N) is 4. The van der Waals surface area contributed by atoms with E-state index in [4.69, 9.17) is 5.26 Å². The van der Waals surface area contributed by atoms with Crippen molar-refractivity contribution in [2.75, 3.05) is 0 Å². The highest BCUT2D eigenvalue weighted by Crippen LogP contribution is 2.12. The van der Waals surface area contributed by atoms with Crippen LogP contribution >= 0.6 is 15.9 Å². The first-order valence-corrected chi connectivity index (χ1v) is 4.01. The molecule has 5 heteroatoms. The Bertz CT molecular complexity index is 468. The first-order valence-electron chi connectivity index (χ1n) is 3.21. The molecule has 2 aromatic heterocycles. The lowest BCUT2D eigenvalue weighted by molar-refractivity contribution is 0.867. The first kappa shape index (κ1) is 7.25. The molecule has 0 aliphatic carbocycles. The minimum atomic E-state index is 0.166. The van der Waals surface area contributed by atoms with Gasteiger partial charge in [0.05, 0.1) is 11.7 Å². The quantitative estimate of drug-likeness (QED) is 0.677. The third kappa shape index (κ3) is 0.970. The Morgan fingerprint density at radius 3 is 3.08 bits per heavy atom. The Hall–Kier alpha value is -1.41. The second kappa shape index (κ2) is 2.57. The molecule has 0 fully saturated rings. The Balaban J connectivity index is 2.82. The van der Waals surface area contributed by atoms with Crippen LogP contribution in [0.25, 0.3) is 5.52 Å². The summed E-state index contributed by atoms with van der Waals surface area (Å²) in [5, 5.41) is 12.5. The van der Waals surface area contributed by atoms with Gasteiger partial charge in [-0.15, -0.1) is 5.10 Å². The number of hydrogen-bond acceptors (Lipinski definition) is 3. The minimum absolute atomic E-state index is 0.166. The van der Waals surface area contributed by atoms with Crippen LogP contribution in [0.15, 0.2) is 22.9 Å². The molecule has 0 spiro atoms. The van der Waals surface area contributed by atoms with E-state index in [-0.39, 0.29) is 5.82 Å². The third-order valence-electron chi connectivity index (χ3n) is 1.45. The van der Waals surface area contributed by atoms with E-state index in [9.17, 15) is 0 Å².